The molecule has 0 rings (SSSR count). The smallest absolute Gasteiger partial charge is 0.121 e. The van der Waals surface area contributed by atoms with Gasteiger partial charge in [0.25, 0.3) is 0 Å². The van der Waals surface area contributed by atoms with E-state index in [9.17, 15) is 0 Å². The first-order valence-electron chi connectivity index (χ1n) is 1.08. The third-order valence-electron chi connectivity index (χ3n) is 0.109. The summed E-state index contributed by atoms with van der Waals surface area (Å²) < 4.78 is 0. The van der Waals surface area contributed by atoms with E-state index in [1.165, 1.54) is 0 Å². The van der Waals surface area contributed by atoms with E-state index in [1.54, 1.807) is 0 Å². The molecule has 0 bridgehead atoms. The zero-order chi connectivity index (χ0) is 3.41. The van der Waals surface area contributed by atoms with E-state index < -0.39 is 0 Å². The normalized spacial score (nSPS) is 9.25. The van der Waals surface area contributed by atoms with Crippen molar-refractivity contribution in [2.75, 3.05) is 0 Å². The standard InChI is InChI=1S/C2H5BrSi/c1-2-4-3/h2H,1,4H2. The van der Waals surface area contributed by atoms with Gasteiger partial charge in [0, 0.05) is 0 Å². The number of hydrogen-bond donors (Lipinski definition) is 0. The molecule has 4 heavy (non-hydrogen) atoms. The summed E-state index contributed by atoms with van der Waals surface area (Å²) in [6.07, 6.45) is 0. The van der Waals surface area contributed by atoms with Crippen LogP contribution < -0.4 is 0 Å². The van der Waals surface area contributed by atoms with Gasteiger partial charge in [0.05, 0.1) is 0 Å². The van der Waals surface area contributed by atoms with Crippen LogP contribution in [0.25, 0.3) is 0 Å². The summed E-state index contributed by atoms with van der Waals surface area (Å²) in [6.45, 7) is 3.49. The molecule has 2 heteroatoms. The van der Waals surface area contributed by atoms with Crippen molar-refractivity contribution < 1.29 is 0 Å². The molecule has 0 nitrogen and oxygen atoms in total. The molecule has 0 aromatic rings. The maximum atomic E-state index is 3.49. The van der Waals surface area contributed by atoms with Gasteiger partial charge in [0.15, 0.2) is 0 Å². The van der Waals surface area contributed by atoms with Gasteiger partial charge in [-0.3, -0.25) is 0 Å². The first kappa shape index (κ1) is 4.44. The van der Waals surface area contributed by atoms with E-state index in [1.807, 2.05) is 5.70 Å². The Balaban J connectivity index is 2.30. The molecule has 0 heterocycles. The molecule has 0 atom stereocenters. The maximum absolute atomic E-state index is 3.49. The minimum atomic E-state index is 0.000772. The zero-order valence-electron chi connectivity index (χ0n) is 2.37. The van der Waals surface area contributed by atoms with Gasteiger partial charge in [0.1, 0.15) is 8.14 Å². The maximum Gasteiger partial charge on any atom is 0.121 e. The van der Waals surface area contributed by atoms with Gasteiger partial charge in [-0.15, -0.1) is 21.9 Å². The molecule has 0 unspecified atom stereocenters. The van der Waals surface area contributed by atoms with Gasteiger partial charge in [-0.2, -0.15) is 0 Å². The second-order valence-electron chi connectivity index (χ2n) is 0.443. The summed E-state index contributed by atoms with van der Waals surface area (Å²) in [5.41, 5.74) is 1.93. The molecule has 0 aliphatic heterocycles. The molecule has 0 amide bonds. The van der Waals surface area contributed by atoms with Crippen molar-refractivity contribution in [1.82, 2.24) is 0 Å². The van der Waals surface area contributed by atoms with Crippen LogP contribution >= 0.6 is 15.3 Å². The van der Waals surface area contributed by atoms with Crippen LogP contribution in [0.4, 0.5) is 0 Å². The SMILES string of the molecule is C=C[SiH2]Br. The van der Waals surface area contributed by atoms with E-state index in [0.717, 1.165) is 0 Å². The number of halogens is 1. The van der Waals surface area contributed by atoms with Crippen LogP contribution in [0.3, 0.4) is 0 Å². The van der Waals surface area contributed by atoms with Crippen LogP contribution in [0.1, 0.15) is 0 Å². The van der Waals surface area contributed by atoms with Crippen molar-refractivity contribution in [3.8, 4) is 0 Å². The van der Waals surface area contributed by atoms with Gasteiger partial charge in [-0.1, -0.05) is 5.70 Å². The highest BCUT2D eigenvalue weighted by Crippen LogP contribution is 1.67. The minimum absolute atomic E-state index is 0.000772. The van der Waals surface area contributed by atoms with Crippen LogP contribution in [0.5, 0.6) is 0 Å². The quantitative estimate of drug-likeness (QED) is 0.367. The summed E-state index contributed by atoms with van der Waals surface area (Å²) in [5.74, 6) is 0. The van der Waals surface area contributed by atoms with Gasteiger partial charge in [0.2, 0.25) is 0 Å². The van der Waals surface area contributed by atoms with Crippen molar-refractivity contribution in [2.45, 2.75) is 0 Å². The van der Waals surface area contributed by atoms with E-state index in [0.29, 0.717) is 0 Å². The topological polar surface area (TPSA) is 0 Å². The number of rotatable bonds is 1. The van der Waals surface area contributed by atoms with Crippen molar-refractivity contribution in [2.24, 2.45) is 0 Å². The lowest BCUT2D eigenvalue weighted by Gasteiger charge is -1.52. The Morgan fingerprint density at radius 1 is 2.00 bits per heavy atom. The summed E-state index contributed by atoms with van der Waals surface area (Å²) >= 11 is 3.27. The van der Waals surface area contributed by atoms with E-state index in [-0.39, 0.29) is 8.14 Å². The van der Waals surface area contributed by atoms with E-state index in [4.69, 9.17) is 0 Å². The Morgan fingerprint density at radius 2 is 2.25 bits per heavy atom. The van der Waals surface area contributed by atoms with Crippen LogP contribution in [-0.2, 0) is 0 Å². The largest absolute Gasteiger partial charge is 0.130 e. The lowest BCUT2D eigenvalue weighted by Crippen LogP contribution is -1.53. The van der Waals surface area contributed by atoms with E-state index in [2.05, 4.69) is 21.9 Å². The highest BCUT2D eigenvalue weighted by atomic mass is 79.9. The summed E-state index contributed by atoms with van der Waals surface area (Å²) in [5, 5.41) is 0. The average molecular weight is 137 g/mol. The van der Waals surface area contributed by atoms with Gasteiger partial charge >= 0.3 is 0 Å². The molecule has 24 valence electrons. The van der Waals surface area contributed by atoms with Crippen molar-refractivity contribution >= 4 is 23.4 Å². The fraction of sp³-hybridized carbons (Fsp3) is 0. The first-order valence-corrected chi connectivity index (χ1v) is 5.80. The molecule has 0 radical (unpaired) electrons. The lowest BCUT2D eigenvalue weighted by molar-refractivity contribution is 2.62. The third kappa shape index (κ3) is 2.44. The first-order chi connectivity index (χ1) is 1.91. The second-order valence-corrected chi connectivity index (χ2v) is 3.27. The molecule has 0 aromatic carbocycles. The molecule has 0 fully saturated rings. The molecule has 0 aliphatic carbocycles. The highest BCUT2D eigenvalue weighted by Gasteiger charge is 1.51. The molecule has 0 spiro atoms. The molecule has 0 aromatic heterocycles. The second kappa shape index (κ2) is 3.44. The monoisotopic (exact) mass is 136 g/mol. The fourth-order valence-electron chi connectivity index (χ4n) is 0. The third-order valence-corrected chi connectivity index (χ3v) is 1.70. The Labute approximate surface area is 36.3 Å². The Bertz CT molecular complexity index is 20.0. The van der Waals surface area contributed by atoms with Crippen LogP contribution in [0.2, 0.25) is 0 Å². The molecule has 0 saturated heterocycles. The predicted octanol–water partition coefficient (Wildman–Crippen LogP) is 0.609. The van der Waals surface area contributed by atoms with Gasteiger partial charge in [-0.25, -0.2) is 0 Å². The van der Waals surface area contributed by atoms with Crippen molar-refractivity contribution in [3.63, 3.8) is 0 Å². The fourth-order valence-corrected chi connectivity index (χ4v) is 0. The van der Waals surface area contributed by atoms with Crippen LogP contribution in [0.15, 0.2) is 12.3 Å². The molecule has 0 aliphatic rings. The lowest BCUT2D eigenvalue weighted by atomic mass is 11.3. The molecular formula is C2H5BrSi. The minimum Gasteiger partial charge on any atom is -0.130 e. The van der Waals surface area contributed by atoms with Crippen molar-refractivity contribution in [3.05, 3.63) is 12.3 Å². The zero-order valence-corrected chi connectivity index (χ0v) is 5.37. The van der Waals surface area contributed by atoms with Gasteiger partial charge in [-0.05, 0) is 0 Å². The Hall–Kier alpha value is 0.437. The Kier molecular flexibility index (Phi) is 3.81. The number of hydrogen-bond acceptors (Lipinski definition) is 0. The summed E-state index contributed by atoms with van der Waals surface area (Å²) in [7, 11) is 0.000772. The summed E-state index contributed by atoms with van der Waals surface area (Å²) in [4.78, 5) is 0. The van der Waals surface area contributed by atoms with Crippen LogP contribution in [-0.4, -0.2) is 8.14 Å². The van der Waals surface area contributed by atoms with Crippen molar-refractivity contribution in [1.29, 1.82) is 0 Å². The van der Waals surface area contributed by atoms with Gasteiger partial charge < -0.3 is 0 Å². The van der Waals surface area contributed by atoms with Crippen LogP contribution in [0, 0.1) is 0 Å². The summed E-state index contributed by atoms with van der Waals surface area (Å²) in [6, 6.07) is 0. The molecule has 0 N–H and O–H groups in total. The average Bonchev–Trinajstić information content (AvgIpc) is 1.37. The molecular weight excluding hydrogens is 132 g/mol. The Morgan fingerprint density at radius 3 is 2.25 bits per heavy atom. The molecule has 0 saturated carbocycles. The van der Waals surface area contributed by atoms with E-state index >= 15 is 0 Å². The highest BCUT2D eigenvalue weighted by molar-refractivity contribution is 9.23. The predicted molar refractivity (Wildman–Crippen MR) is 27.7 cm³/mol.